The maximum absolute atomic E-state index is 13.1. The lowest BCUT2D eigenvalue weighted by molar-refractivity contribution is -0.119. The first kappa shape index (κ1) is 19.0. The fraction of sp³-hybridized carbons (Fsp3) is 0.278. The van der Waals surface area contributed by atoms with Crippen molar-refractivity contribution in [3.63, 3.8) is 0 Å². The third-order valence-electron chi connectivity index (χ3n) is 4.37. The van der Waals surface area contributed by atoms with E-state index in [1.54, 1.807) is 17.9 Å². The number of hydrogen-bond acceptors (Lipinski definition) is 3. The van der Waals surface area contributed by atoms with Crippen LogP contribution in [-0.4, -0.2) is 33.2 Å². The van der Waals surface area contributed by atoms with Gasteiger partial charge in [-0.15, -0.1) is 0 Å². The van der Waals surface area contributed by atoms with Crippen LogP contribution in [0.1, 0.15) is 12.5 Å². The van der Waals surface area contributed by atoms with Crippen LogP contribution in [0.3, 0.4) is 0 Å². The number of sulfonamides is 1. The first-order valence-corrected chi connectivity index (χ1v) is 10.6. The number of benzene rings is 2. The summed E-state index contributed by atoms with van der Waals surface area (Å²) in [6, 6.07) is 11.2. The first-order valence-electron chi connectivity index (χ1n) is 8.04. The van der Waals surface area contributed by atoms with Gasteiger partial charge in [0.2, 0.25) is 10.0 Å². The molecule has 1 aliphatic rings. The maximum atomic E-state index is 13.1. The lowest BCUT2D eigenvalue weighted by atomic mass is 10.2. The summed E-state index contributed by atoms with van der Waals surface area (Å²) in [4.78, 5) is 14.7. The second-order valence-electron chi connectivity index (χ2n) is 6.20. The molecule has 3 rings (SSSR count). The van der Waals surface area contributed by atoms with Crippen LogP contribution in [0, 0.1) is 0 Å². The molecule has 2 aromatic carbocycles. The quantitative estimate of drug-likeness (QED) is 0.768. The number of amides is 1. The van der Waals surface area contributed by atoms with Crippen LogP contribution in [0.15, 0.2) is 42.5 Å². The van der Waals surface area contributed by atoms with E-state index in [0.717, 1.165) is 28.2 Å². The summed E-state index contributed by atoms with van der Waals surface area (Å²) in [6.45, 7) is 2.07. The molecule has 138 valence electrons. The van der Waals surface area contributed by atoms with Gasteiger partial charge in [0.05, 0.1) is 17.0 Å². The highest BCUT2D eigenvalue weighted by molar-refractivity contribution is 7.92. The van der Waals surface area contributed by atoms with Crippen molar-refractivity contribution in [2.45, 2.75) is 19.4 Å². The van der Waals surface area contributed by atoms with E-state index in [4.69, 9.17) is 23.2 Å². The highest BCUT2D eigenvalue weighted by atomic mass is 35.5. The zero-order valence-electron chi connectivity index (χ0n) is 14.3. The fourth-order valence-corrected chi connectivity index (χ4v) is 4.82. The maximum Gasteiger partial charge on any atom is 0.250 e. The normalized spacial score (nSPS) is 14.8. The topological polar surface area (TPSA) is 57.7 Å². The predicted molar refractivity (Wildman–Crippen MR) is 106 cm³/mol. The lowest BCUT2D eigenvalue weighted by Crippen LogP contribution is -2.49. The van der Waals surface area contributed by atoms with E-state index in [9.17, 15) is 13.2 Å². The second-order valence-corrected chi connectivity index (χ2v) is 8.90. The zero-order chi connectivity index (χ0) is 19.1. The molecule has 1 amide bonds. The molecule has 26 heavy (non-hydrogen) atoms. The van der Waals surface area contributed by atoms with Gasteiger partial charge in [-0.2, -0.15) is 0 Å². The molecule has 8 heteroatoms. The molecular formula is C18H18Cl2N2O3S. The summed E-state index contributed by atoms with van der Waals surface area (Å²) in [5.41, 5.74) is 2.07. The van der Waals surface area contributed by atoms with E-state index >= 15 is 0 Å². The number of hydrogen-bond donors (Lipinski definition) is 0. The van der Waals surface area contributed by atoms with E-state index in [0.29, 0.717) is 11.6 Å². The van der Waals surface area contributed by atoms with Crippen molar-refractivity contribution in [2.75, 3.05) is 22.0 Å². The van der Waals surface area contributed by atoms with Gasteiger partial charge in [-0.1, -0.05) is 41.4 Å². The Morgan fingerprint density at radius 3 is 2.58 bits per heavy atom. The van der Waals surface area contributed by atoms with Crippen molar-refractivity contribution in [1.82, 2.24) is 0 Å². The van der Waals surface area contributed by atoms with Gasteiger partial charge in [0.25, 0.3) is 5.91 Å². The number of rotatable bonds is 4. The smallest absolute Gasteiger partial charge is 0.250 e. The Kier molecular flexibility index (Phi) is 5.19. The van der Waals surface area contributed by atoms with E-state index in [2.05, 4.69) is 0 Å². The molecule has 0 aromatic heterocycles. The Morgan fingerprint density at radius 2 is 1.88 bits per heavy atom. The molecule has 1 aliphatic heterocycles. The van der Waals surface area contributed by atoms with Crippen molar-refractivity contribution in [3.05, 3.63) is 58.1 Å². The molecule has 0 N–H and O–H groups in total. The van der Waals surface area contributed by atoms with E-state index in [1.807, 2.05) is 24.3 Å². The Labute approximate surface area is 163 Å². The van der Waals surface area contributed by atoms with Crippen LogP contribution in [0.25, 0.3) is 0 Å². The number of anilines is 2. The minimum Gasteiger partial charge on any atom is -0.310 e. The number of nitrogens with zero attached hydrogens (tertiary/aromatic N) is 2. The molecule has 0 saturated heterocycles. The van der Waals surface area contributed by atoms with E-state index in [-0.39, 0.29) is 16.6 Å². The summed E-state index contributed by atoms with van der Waals surface area (Å²) in [6.07, 6.45) is 1.79. The van der Waals surface area contributed by atoms with Gasteiger partial charge in [-0.25, -0.2) is 8.42 Å². The van der Waals surface area contributed by atoms with Gasteiger partial charge < -0.3 is 4.90 Å². The number of carbonyl (C=O) groups excluding carboxylic acids is 1. The SMILES string of the molecule is C[C@H](C(=O)N1CCc2ccccc21)N(c1cc(Cl)ccc1Cl)S(C)(=O)=O. The third kappa shape index (κ3) is 3.54. The number of halogens is 2. The van der Waals surface area contributed by atoms with Gasteiger partial charge in [0, 0.05) is 17.3 Å². The zero-order valence-corrected chi connectivity index (χ0v) is 16.6. The molecule has 5 nitrogen and oxygen atoms in total. The molecule has 0 saturated carbocycles. The predicted octanol–water partition coefficient (Wildman–Crippen LogP) is 3.74. The average Bonchev–Trinajstić information content (AvgIpc) is 3.00. The van der Waals surface area contributed by atoms with E-state index < -0.39 is 16.1 Å². The van der Waals surface area contributed by atoms with Crippen molar-refractivity contribution in [3.8, 4) is 0 Å². The Bertz CT molecular complexity index is 963. The summed E-state index contributed by atoms with van der Waals surface area (Å²) < 4.78 is 25.9. The van der Waals surface area contributed by atoms with Crippen LogP contribution < -0.4 is 9.21 Å². The van der Waals surface area contributed by atoms with Crippen LogP contribution in [0.2, 0.25) is 10.0 Å². The van der Waals surface area contributed by atoms with Gasteiger partial charge >= 0.3 is 0 Å². The largest absolute Gasteiger partial charge is 0.310 e. The molecule has 0 unspecified atom stereocenters. The van der Waals surface area contributed by atoms with Crippen LogP contribution in [0.5, 0.6) is 0 Å². The molecule has 0 aliphatic carbocycles. The standard InChI is InChI=1S/C18H18Cl2N2O3S/c1-12(18(23)21-10-9-13-5-3-4-6-16(13)21)22(26(2,24)25)17-11-14(19)7-8-15(17)20/h3-8,11-12H,9-10H2,1-2H3/t12-/m1/s1. The summed E-state index contributed by atoms with van der Waals surface area (Å²) in [5.74, 6) is -0.309. The Hall–Kier alpha value is -1.76. The Balaban J connectivity index is 2.01. The molecule has 2 aromatic rings. The molecule has 1 heterocycles. The lowest BCUT2D eigenvalue weighted by Gasteiger charge is -2.31. The van der Waals surface area contributed by atoms with Gasteiger partial charge in [-0.05, 0) is 43.2 Å². The minimum absolute atomic E-state index is 0.190. The highest BCUT2D eigenvalue weighted by Crippen LogP contribution is 2.34. The Morgan fingerprint density at radius 1 is 1.19 bits per heavy atom. The molecule has 0 fully saturated rings. The summed E-state index contributed by atoms with van der Waals surface area (Å²) in [5, 5.41) is 0.547. The monoisotopic (exact) mass is 412 g/mol. The van der Waals surface area contributed by atoms with Crippen molar-refractivity contribution in [1.29, 1.82) is 0 Å². The number of para-hydroxylation sites is 1. The molecule has 0 bridgehead atoms. The van der Waals surface area contributed by atoms with Crippen LogP contribution in [-0.2, 0) is 21.2 Å². The fourth-order valence-electron chi connectivity index (χ4n) is 3.22. The van der Waals surface area contributed by atoms with Crippen LogP contribution >= 0.6 is 23.2 Å². The second kappa shape index (κ2) is 7.10. The summed E-state index contributed by atoms with van der Waals surface area (Å²) >= 11 is 12.2. The van der Waals surface area contributed by atoms with Gasteiger partial charge in [0.15, 0.2) is 0 Å². The minimum atomic E-state index is -3.77. The first-order chi connectivity index (χ1) is 12.2. The average molecular weight is 413 g/mol. The van der Waals surface area contributed by atoms with Crippen molar-refractivity contribution >= 4 is 50.5 Å². The third-order valence-corrected chi connectivity index (χ3v) is 6.15. The molecule has 0 spiro atoms. The van der Waals surface area contributed by atoms with Gasteiger partial charge in [-0.3, -0.25) is 9.10 Å². The van der Waals surface area contributed by atoms with Crippen molar-refractivity contribution in [2.24, 2.45) is 0 Å². The van der Waals surface area contributed by atoms with Crippen molar-refractivity contribution < 1.29 is 13.2 Å². The molecule has 0 radical (unpaired) electrons. The number of fused-ring (bicyclic) bond motifs is 1. The number of carbonyl (C=O) groups is 1. The van der Waals surface area contributed by atoms with E-state index in [1.165, 1.54) is 12.1 Å². The summed E-state index contributed by atoms with van der Waals surface area (Å²) in [7, 11) is -3.77. The van der Waals surface area contributed by atoms with Crippen LogP contribution in [0.4, 0.5) is 11.4 Å². The molecule has 1 atom stereocenters. The highest BCUT2D eigenvalue weighted by Gasteiger charge is 2.35. The molecular weight excluding hydrogens is 395 g/mol. The van der Waals surface area contributed by atoms with Gasteiger partial charge in [0.1, 0.15) is 6.04 Å².